The maximum absolute atomic E-state index is 4.63. The molecule has 0 atom stereocenters. The molecule has 94 valence electrons. The largest absolute Gasteiger partial charge is 0.217 e. The van der Waals surface area contributed by atoms with Crippen molar-refractivity contribution >= 4 is 43.6 Å². The molecule has 3 aromatic rings. The third-order valence-electron chi connectivity index (χ3n) is 2.49. The maximum atomic E-state index is 4.63. The number of halogens is 1. The lowest BCUT2D eigenvalue weighted by Gasteiger charge is -1.97. The third-order valence-corrected chi connectivity index (χ3v) is 5.08. The van der Waals surface area contributed by atoms with Gasteiger partial charge >= 0.3 is 0 Å². The van der Waals surface area contributed by atoms with Crippen LogP contribution >= 0.6 is 38.6 Å². The van der Waals surface area contributed by atoms with E-state index in [1.54, 1.807) is 22.7 Å². The zero-order valence-corrected chi connectivity index (χ0v) is 13.3. The Bertz CT molecular complexity index is 649. The predicted molar refractivity (Wildman–Crippen MR) is 80.4 cm³/mol. The van der Waals surface area contributed by atoms with Crippen molar-refractivity contribution in [3.8, 4) is 10.6 Å². The zero-order chi connectivity index (χ0) is 12.7. The van der Waals surface area contributed by atoms with E-state index in [0.717, 1.165) is 25.9 Å². The highest BCUT2D eigenvalue weighted by Crippen LogP contribution is 2.31. The van der Waals surface area contributed by atoms with Gasteiger partial charge in [-0.25, -0.2) is 9.50 Å². The molecule has 3 nitrogen and oxygen atoms in total. The fraction of sp³-hybridized carbons (Fsp3) is 0.333. The van der Waals surface area contributed by atoms with Crippen LogP contribution in [-0.4, -0.2) is 14.6 Å². The first-order chi connectivity index (χ1) is 8.61. The molecule has 0 spiro atoms. The van der Waals surface area contributed by atoms with E-state index >= 15 is 0 Å². The van der Waals surface area contributed by atoms with Crippen LogP contribution in [0.5, 0.6) is 0 Å². The van der Waals surface area contributed by atoms with Crippen LogP contribution in [-0.2, 0) is 6.42 Å². The Morgan fingerprint density at radius 2 is 2.17 bits per heavy atom. The minimum atomic E-state index is 0.633. The number of hydrogen-bond donors (Lipinski definition) is 0. The molecule has 0 radical (unpaired) electrons. The monoisotopic (exact) mass is 341 g/mol. The number of hydrogen-bond acceptors (Lipinski definition) is 4. The molecule has 0 saturated carbocycles. The molecule has 18 heavy (non-hydrogen) atoms. The van der Waals surface area contributed by atoms with E-state index in [4.69, 9.17) is 0 Å². The molecule has 0 N–H and O–H groups in total. The van der Waals surface area contributed by atoms with Gasteiger partial charge in [-0.1, -0.05) is 25.2 Å². The quantitative estimate of drug-likeness (QED) is 0.702. The van der Waals surface area contributed by atoms with E-state index in [-0.39, 0.29) is 0 Å². The molecular formula is C12H12BrN3S2. The van der Waals surface area contributed by atoms with Crippen LogP contribution in [0.15, 0.2) is 22.1 Å². The number of imidazole rings is 1. The van der Waals surface area contributed by atoms with E-state index in [0.29, 0.717) is 5.92 Å². The van der Waals surface area contributed by atoms with Crippen LogP contribution in [0.1, 0.15) is 18.9 Å². The lowest BCUT2D eigenvalue weighted by molar-refractivity contribution is 0.637. The van der Waals surface area contributed by atoms with Gasteiger partial charge in [0, 0.05) is 6.42 Å². The lowest BCUT2D eigenvalue weighted by Crippen LogP contribution is -1.94. The second-order valence-corrected chi connectivity index (χ2v) is 8.05. The summed E-state index contributed by atoms with van der Waals surface area (Å²) in [6.07, 6.45) is 3.03. The summed E-state index contributed by atoms with van der Waals surface area (Å²) in [6.45, 7) is 4.41. The fourth-order valence-corrected chi connectivity index (χ4v) is 4.17. The molecule has 3 rings (SSSR count). The van der Waals surface area contributed by atoms with Crippen LogP contribution in [0.3, 0.4) is 0 Å². The van der Waals surface area contributed by atoms with Crippen molar-refractivity contribution in [3.63, 3.8) is 0 Å². The number of nitrogens with zero attached hydrogens (tertiary/aromatic N) is 3. The number of thiophene rings is 1. The molecule has 0 aromatic carbocycles. The maximum Gasteiger partial charge on any atom is 0.212 e. The number of rotatable bonds is 3. The molecule has 0 fully saturated rings. The summed E-state index contributed by atoms with van der Waals surface area (Å²) in [6, 6.07) is 4.13. The first-order valence-electron chi connectivity index (χ1n) is 5.72. The summed E-state index contributed by atoms with van der Waals surface area (Å²) in [7, 11) is 0. The van der Waals surface area contributed by atoms with Gasteiger partial charge in [0.15, 0.2) is 0 Å². The molecule has 0 saturated heterocycles. The van der Waals surface area contributed by atoms with E-state index < -0.39 is 0 Å². The molecule has 0 aliphatic rings. The standard InChI is InChI=1S/C12H12BrN3S2/c1-7(2)5-11-15-16-6-8(14-12(16)18-11)9-3-4-10(13)17-9/h3-4,6-7H,5H2,1-2H3. The minimum absolute atomic E-state index is 0.633. The summed E-state index contributed by atoms with van der Waals surface area (Å²) >= 11 is 6.85. The first kappa shape index (κ1) is 12.3. The second kappa shape index (κ2) is 4.75. The molecule has 6 heteroatoms. The molecule has 3 heterocycles. The van der Waals surface area contributed by atoms with Crippen molar-refractivity contribution in [2.75, 3.05) is 0 Å². The van der Waals surface area contributed by atoms with Crippen molar-refractivity contribution in [2.45, 2.75) is 20.3 Å². The summed E-state index contributed by atoms with van der Waals surface area (Å²) in [5.41, 5.74) is 1.00. The van der Waals surface area contributed by atoms with Gasteiger partial charge in [-0.3, -0.25) is 0 Å². The SMILES string of the molecule is CC(C)Cc1nn2cc(-c3ccc(Br)s3)nc2s1. The highest BCUT2D eigenvalue weighted by Gasteiger charge is 2.11. The molecule has 0 unspecified atom stereocenters. The van der Waals surface area contributed by atoms with Gasteiger partial charge in [0.05, 0.1) is 14.9 Å². The molecule has 0 aliphatic carbocycles. The molecular weight excluding hydrogens is 330 g/mol. The average Bonchev–Trinajstić information content (AvgIpc) is 2.90. The summed E-state index contributed by atoms with van der Waals surface area (Å²) < 4.78 is 3.02. The van der Waals surface area contributed by atoms with Crippen LogP contribution in [0.2, 0.25) is 0 Å². The van der Waals surface area contributed by atoms with Crippen molar-refractivity contribution in [1.29, 1.82) is 0 Å². The topological polar surface area (TPSA) is 30.2 Å². The third kappa shape index (κ3) is 2.37. The van der Waals surface area contributed by atoms with Crippen molar-refractivity contribution < 1.29 is 0 Å². The van der Waals surface area contributed by atoms with E-state index in [9.17, 15) is 0 Å². The number of aromatic nitrogens is 3. The van der Waals surface area contributed by atoms with E-state index in [1.165, 1.54) is 4.88 Å². The summed E-state index contributed by atoms with van der Waals surface area (Å²) in [4.78, 5) is 6.78. The van der Waals surface area contributed by atoms with Crippen molar-refractivity contribution in [1.82, 2.24) is 14.6 Å². The van der Waals surface area contributed by atoms with Gasteiger partial charge in [-0.15, -0.1) is 11.3 Å². The minimum Gasteiger partial charge on any atom is -0.217 e. The zero-order valence-electron chi connectivity index (χ0n) is 10.1. The fourth-order valence-electron chi connectivity index (χ4n) is 1.74. The van der Waals surface area contributed by atoms with Gasteiger partial charge in [-0.05, 0) is 34.0 Å². The van der Waals surface area contributed by atoms with Crippen LogP contribution in [0, 0.1) is 5.92 Å². The Morgan fingerprint density at radius 1 is 1.33 bits per heavy atom. The Labute approximate surface area is 122 Å². The van der Waals surface area contributed by atoms with Crippen LogP contribution in [0.4, 0.5) is 0 Å². The highest BCUT2D eigenvalue weighted by molar-refractivity contribution is 9.11. The van der Waals surface area contributed by atoms with Gasteiger partial charge in [0.1, 0.15) is 10.7 Å². The summed E-state index contributed by atoms with van der Waals surface area (Å²) in [5.74, 6) is 0.633. The van der Waals surface area contributed by atoms with Gasteiger partial charge in [-0.2, -0.15) is 5.10 Å². The van der Waals surface area contributed by atoms with Gasteiger partial charge in [0.2, 0.25) is 4.96 Å². The van der Waals surface area contributed by atoms with Crippen molar-refractivity contribution in [3.05, 3.63) is 27.1 Å². The smallest absolute Gasteiger partial charge is 0.212 e. The number of fused-ring (bicyclic) bond motifs is 1. The normalized spacial score (nSPS) is 11.8. The van der Waals surface area contributed by atoms with E-state index in [1.807, 2.05) is 16.8 Å². The predicted octanol–water partition coefficient (Wildman–Crippen LogP) is 4.48. The molecule has 0 amide bonds. The van der Waals surface area contributed by atoms with Crippen molar-refractivity contribution in [2.24, 2.45) is 5.92 Å². The molecule has 0 aliphatic heterocycles. The Morgan fingerprint density at radius 3 is 2.78 bits per heavy atom. The molecule has 0 bridgehead atoms. The second-order valence-electron chi connectivity index (χ2n) is 4.55. The Kier molecular flexibility index (Phi) is 3.25. The Balaban J connectivity index is 1.95. The average molecular weight is 342 g/mol. The molecule has 3 aromatic heterocycles. The highest BCUT2D eigenvalue weighted by atomic mass is 79.9. The first-order valence-corrected chi connectivity index (χ1v) is 8.15. The summed E-state index contributed by atoms with van der Waals surface area (Å²) in [5, 5.41) is 5.73. The van der Waals surface area contributed by atoms with Crippen LogP contribution < -0.4 is 0 Å². The van der Waals surface area contributed by atoms with Gasteiger partial charge in [0.25, 0.3) is 0 Å². The Hall–Kier alpha value is -0.720. The van der Waals surface area contributed by atoms with E-state index in [2.05, 4.69) is 45.9 Å². The van der Waals surface area contributed by atoms with Crippen LogP contribution in [0.25, 0.3) is 15.5 Å². The van der Waals surface area contributed by atoms with Gasteiger partial charge < -0.3 is 0 Å². The lowest BCUT2D eigenvalue weighted by atomic mass is 10.1.